The zero-order valence-electron chi connectivity index (χ0n) is 12.0. The maximum absolute atomic E-state index is 11.9. The van der Waals surface area contributed by atoms with Gasteiger partial charge in [0, 0.05) is 0 Å². The Morgan fingerprint density at radius 3 is 2.62 bits per heavy atom. The van der Waals surface area contributed by atoms with Crippen LogP contribution in [0, 0.1) is 0 Å². The molecule has 0 aliphatic carbocycles. The molecule has 1 aromatic heterocycles. The van der Waals surface area contributed by atoms with E-state index in [1.165, 1.54) is 11.3 Å². The fourth-order valence-corrected chi connectivity index (χ4v) is 2.45. The highest BCUT2D eigenvalue weighted by Gasteiger charge is 2.16. The van der Waals surface area contributed by atoms with E-state index in [1.54, 1.807) is 23.3 Å². The Morgan fingerprint density at radius 2 is 2.05 bits per heavy atom. The van der Waals surface area contributed by atoms with E-state index in [4.69, 9.17) is 10.5 Å². The highest BCUT2D eigenvalue weighted by molar-refractivity contribution is 7.14. The second kappa shape index (κ2) is 8.38. The van der Waals surface area contributed by atoms with Gasteiger partial charge in [0.1, 0.15) is 5.00 Å². The molecule has 0 bridgehead atoms. The minimum Gasteiger partial charge on any atom is -0.465 e. The van der Waals surface area contributed by atoms with Crippen LogP contribution in [0.4, 0.5) is 5.00 Å². The summed E-state index contributed by atoms with van der Waals surface area (Å²) in [5, 5.41) is 4.72. The number of thiophene rings is 1. The van der Waals surface area contributed by atoms with Gasteiger partial charge in [0.05, 0.1) is 25.3 Å². The molecule has 1 rings (SSSR count). The maximum atomic E-state index is 11.9. The minimum absolute atomic E-state index is 0.0332. The summed E-state index contributed by atoms with van der Waals surface area (Å²) in [7, 11) is 0. The van der Waals surface area contributed by atoms with Crippen molar-refractivity contribution in [3.8, 4) is 0 Å². The Bertz CT molecular complexity index is 515. The van der Waals surface area contributed by atoms with Gasteiger partial charge in [0.25, 0.3) is 5.91 Å². The van der Waals surface area contributed by atoms with Crippen molar-refractivity contribution in [3.63, 3.8) is 0 Å². The first-order valence-electron chi connectivity index (χ1n) is 6.53. The number of ether oxygens (including phenoxy) is 1. The molecule has 0 aliphatic heterocycles. The average Bonchev–Trinajstić information content (AvgIpc) is 2.86. The zero-order chi connectivity index (χ0) is 15.8. The van der Waals surface area contributed by atoms with Gasteiger partial charge in [0.2, 0.25) is 5.91 Å². The molecule has 1 heterocycles. The molecular weight excluding hydrogens is 294 g/mol. The number of primary amides is 1. The van der Waals surface area contributed by atoms with E-state index in [-0.39, 0.29) is 30.5 Å². The Kier molecular flexibility index (Phi) is 6.83. The molecule has 2 amide bonds. The summed E-state index contributed by atoms with van der Waals surface area (Å²) < 4.78 is 4.84. The first-order valence-corrected chi connectivity index (χ1v) is 7.41. The van der Waals surface area contributed by atoms with Crippen molar-refractivity contribution in [1.82, 2.24) is 4.90 Å². The second-order valence-electron chi connectivity index (χ2n) is 4.18. The van der Waals surface area contributed by atoms with Gasteiger partial charge in [-0.25, -0.2) is 0 Å². The van der Waals surface area contributed by atoms with Crippen LogP contribution in [0.2, 0.25) is 0 Å². The normalized spacial score (nSPS) is 10.4. The van der Waals surface area contributed by atoms with Crippen LogP contribution in [-0.2, 0) is 14.3 Å². The van der Waals surface area contributed by atoms with E-state index >= 15 is 0 Å². The number of likely N-dealkylation sites (N-methyl/N-ethyl adjacent to an activating group) is 1. The molecule has 3 N–H and O–H groups in total. The number of carbonyl (C=O) groups excluding carboxylic acids is 3. The molecule has 0 aliphatic rings. The summed E-state index contributed by atoms with van der Waals surface area (Å²) >= 11 is 1.22. The first kappa shape index (κ1) is 17.1. The lowest BCUT2D eigenvalue weighted by Gasteiger charge is -2.18. The van der Waals surface area contributed by atoms with E-state index < -0.39 is 5.91 Å². The Morgan fingerprint density at radius 1 is 1.33 bits per heavy atom. The number of rotatable bonds is 8. The zero-order valence-corrected chi connectivity index (χ0v) is 12.9. The number of anilines is 1. The van der Waals surface area contributed by atoms with Crippen molar-refractivity contribution in [2.75, 3.05) is 31.6 Å². The molecule has 21 heavy (non-hydrogen) atoms. The molecule has 8 heteroatoms. The van der Waals surface area contributed by atoms with Gasteiger partial charge in [-0.2, -0.15) is 0 Å². The van der Waals surface area contributed by atoms with Crippen molar-refractivity contribution >= 4 is 34.1 Å². The topological polar surface area (TPSA) is 102 Å². The van der Waals surface area contributed by atoms with E-state index in [0.717, 1.165) is 0 Å². The molecule has 0 spiro atoms. The predicted octanol–water partition coefficient (Wildman–Crippen LogP) is 0.671. The van der Waals surface area contributed by atoms with Crippen molar-refractivity contribution in [3.05, 3.63) is 17.0 Å². The van der Waals surface area contributed by atoms with Crippen LogP contribution in [-0.4, -0.2) is 48.9 Å². The van der Waals surface area contributed by atoms with Crippen LogP contribution in [0.1, 0.15) is 24.2 Å². The minimum atomic E-state index is -0.592. The third-order valence-corrected chi connectivity index (χ3v) is 3.49. The van der Waals surface area contributed by atoms with Gasteiger partial charge in [-0.15, -0.1) is 11.3 Å². The molecule has 0 radical (unpaired) electrons. The van der Waals surface area contributed by atoms with Crippen LogP contribution in [0.25, 0.3) is 0 Å². The van der Waals surface area contributed by atoms with Gasteiger partial charge in [-0.05, 0) is 24.9 Å². The van der Waals surface area contributed by atoms with Gasteiger partial charge < -0.3 is 15.8 Å². The summed E-state index contributed by atoms with van der Waals surface area (Å²) in [6, 6.07) is 1.55. The summed E-state index contributed by atoms with van der Waals surface area (Å²) in [6.07, 6.45) is 0. The number of hydrogen-bond donors (Lipinski definition) is 2. The molecule has 0 atom stereocenters. The van der Waals surface area contributed by atoms with E-state index in [9.17, 15) is 14.4 Å². The highest BCUT2D eigenvalue weighted by atomic mass is 32.1. The lowest BCUT2D eigenvalue weighted by molar-refractivity contribution is -0.144. The maximum Gasteiger partial charge on any atom is 0.320 e. The number of esters is 1. The molecule has 116 valence electrons. The van der Waals surface area contributed by atoms with E-state index in [0.29, 0.717) is 18.2 Å². The van der Waals surface area contributed by atoms with Crippen molar-refractivity contribution in [1.29, 1.82) is 0 Å². The quantitative estimate of drug-likeness (QED) is 0.687. The summed E-state index contributed by atoms with van der Waals surface area (Å²) in [5.74, 6) is -1.28. The smallest absolute Gasteiger partial charge is 0.320 e. The number of nitrogens with one attached hydrogen (secondary N) is 1. The van der Waals surface area contributed by atoms with Crippen LogP contribution in [0.5, 0.6) is 0 Å². The van der Waals surface area contributed by atoms with Gasteiger partial charge in [-0.3, -0.25) is 19.3 Å². The highest BCUT2D eigenvalue weighted by Crippen LogP contribution is 2.22. The summed E-state index contributed by atoms with van der Waals surface area (Å²) in [4.78, 5) is 36.2. The van der Waals surface area contributed by atoms with Crippen LogP contribution in [0.3, 0.4) is 0 Å². The Balaban J connectivity index is 2.56. The fourth-order valence-electron chi connectivity index (χ4n) is 1.64. The monoisotopic (exact) mass is 313 g/mol. The number of amides is 2. The van der Waals surface area contributed by atoms with Gasteiger partial charge in [-0.1, -0.05) is 6.92 Å². The summed E-state index contributed by atoms with van der Waals surface area (Å²) in [6.45, 7) is 4.48. The molecular formula is C13H19N3O4S. The second-order valence-corrected chi connectivity index (χ2v) is 5.10. The number of carbonyl (C=O) groups is 3. The number of nitrogens with zero attached hydrogens (tertiary/aromatic N) is 1. The largest absolute Gasteiger partial charge is 0.465 e. The van der Waals surface area contributed by atoms with E-state index in [2.05, 4.69) is 5.32 Å². The van der Waals surface area contributed by atoms with Crippen LogP contribution < -0.4 is 11.1 Å². The van der Waals surface area contributed by atoms with Crippen LogP contribution >= 0.6 is 11.3 Å². The van der Waals surface area contributed by atoms with Crippen molar-refractivity contribution < 1.29 is 19.1 Å². The predicted molar refractivity (Wildman–Crippen MR) is 80.2 cm³/mol. The standard InChI is InChI=1S/C13H19N3O4S/c1-3-16(8-11(18)20-4-2)7-10(17)15-13-9(12(14)19)5-6-21-13/h5-6H,3-4,7-8H2,1-2H3,(H2,14,19)(H,15,17). The number of nitrogens with two attached hydrogens (primary N) is 1. The molecule has 7 nitrogen and oxygen atoms in total. The Labute approximate surface area is 127 Å². The van der Waals surface area contributed by atoms with Crippen molar-refractivity contribution in [2.45, 2.75) is 13.8 Å². The van der Waals surface area contributed by atoms with E-state index in [1.807, 2.05) is 6.92 Å². The third-order valence-electron chi connectivity index (χ3n) is 2.66. The Hall–Kier alpha value is -1.93. The molecule has 0 saturated carbocycles. The molecule has 0 aromatic carbocycles. The fraction of sp³-hybridized carbons (Fsp3) is 0.462. The lowest BCUT2D eigenvalue weighted by atomic mass is 10.3. The first-order chi connectivity index (χ1) is 9.97. The van der Waals surface area contributed by atoms with Gasteiger partial charge in [0.15, 0.2) is 0 Å². The average molecular weight is 313 g/mol. The number of hydrogen-bond acceptors (Lipinski definition) is 6. The lowest BCUT2D eigenvalue weighted by Crippen LogP contribution is -2.37. The molecule has 0 saturated heterocycles. The molecule has 0 unspecified atom stereocenters. The van der Waals surface area contributed by atoms with Crippen LogP contribution in [0.15, 0.2) is 11.4 Å². The molecule has 1 aromatic rings. The molecule has 0 fully saturated rings. The van der Waals surface area contributed by atoms with Gasteiger partial charge >= 0.3 is 5.97 Å². The third kappa shape index (κ3) is 5.52. The van der Waals surface area contributed by atoms with Crippen molar-refractivity contribution in [2.24, 2.45) is 5.73 Å². The SMILES string of the molecule is CCOC(=O)CN(CC)CC(=O)Nc1sccc1C(N)=O. The summed E-state index contributed by atoms with van der Waals surface area (Å²) in [5.41, 5.74) is 5.49.